The smallest absolute Gasteiger partial charge is 0.220 e. The van der Waals surface area contributed by atoms with Gasteiger partial charge in [0.25, 0.3) is 0 Å². The molecule has 0 fully saturated rings. The maximum Gasteiger partial charge on any atom is 0.220 e. The molecule has 65 heavy (non-hydrogen) atoms. The van der Waals surface area contributed by atoms with Gasteiger partial charge in [-0.05, 0) is 64.2 Å². The zero-order valence-corrected chi connectivity index (χ0v) is 43.5. The summed E-state index contributed by atoms with van der Waals surface area (Å²) >= 11 is 0. The Morgan fingerprint density at radius 3 is 1.02 bits per heavy atom. The molecule has 0 bridgehead atoms. The number of unbranched alkanes of at least 4 members (excludes halogenated alkanes) is 35. The number of carbonyl (C=O) groups is 1. The van der Waals surface area contributed by atoms with Crippen LogP contribution in [0.2, 0.25) is 0 Å². The third-order valence-electron chi connectivity index (χ3n) is 12.9. The summed E-state index contributed by atoms with van der Waals surface area (Å²) in [5, 5.41) is 23.1. The first-order valence-electron chi connectivity index (χ1n) is 28.7. The lowest BCUT2D eigenvalue weighted by Crippen LogP contribution is -2.45. The number of allylic oxidation sites excluding steroid dienone is 11. The summed E-state index contributed by atoms with van der Waals surface area (Å²) in [6.45, 7) is 4.21. The molecule has 0 saturated heterocycles. The lowest BCUT2D eigenvalue weighted by Gasteiger charge is -2.20. The van der Waals surface area contributed by atoms with Gasteiger partial charge in [0.05, 0.1) is 18.8 Å². The van der Waals surface area contributed by atoms with E-state index in [0.29, 0.717) is 6.42 Å². The van der Waals surface area contributed by atoms with Crippen LogP contribution in [-0.4, -0.2) is 34.9 Å². The standard InChI is InChI=1S/C61H111NO3/c1-3-5-7-9-11-13-15-17-19-21-22-23-24-25-26-27-28-29-30-31-32-33-34-35-36-37-38-39-40-41-43-45-47-49-51-53-55-57-61(65)62-59(58-63)60(64)56-54-52-50-48-46-44-42-20-18-16-14-12-10-8-6-4-2/h5,7,11,13,17,19,22-23,25-26,54,56,59-60,63-64H,3-4,6,8-10,12,14-16,18,20-21,24,27-53,55,57-58H2,1-2H3,(H,62,65)/b7-5-,13-11-,19-17-,23-22-,26-25-,56-54+. The quantitative estimate of drug-likeness (QED) is 0.0421. The second-order valence-electron chi connectivity index (χ2n) is 19.3. The molecular weight excluding hydrogens is 795 g/mol. The molecule has 0 rings (SSSR count). The number of carbonyl (C=O) groups excluding carboxylic acids is 1. The Kier molecular flexibility index (Phi) is 54.3. The number of rotatable bonds is 52. The van der Waals surface area contributed by atoms with Gasteiger partial charge < -0.3 is 15.5 Å². The predicted molar refractivity (Wildman–Crippen MR) is 290 cm³/mol. The van der Waals surface area contributed by atoms with Crippen LogP contribution in [0.15, 0.2) is 72.9 Å². The molecule has 0 aliphatic heterocycles. The molecule has 378 valence electrons. The Hall–Kier alpha value is -2.17. The SMILES string of the molecule is CC/C=C\C/C=C\C/C=C\C/C=C\C/C=C\CCCCCCCCCCCCCCCCCCCCCCCC(=O)NC(CO)C(O)/C=C/CCCCCCCCCCCCCCCC. The van der Waals surface area contributed by atoms with Crippen molar-refractivity contribution in [3.8, 4) is 0 Å². The molecule has 4 heteroatoms. The summed E-state index contributed by atoms with van der Waals surface area (Å²) in [7, 11) is 0. The van der Waals surface area contributed by atoms with Crippen molar-refractivity contribution in [2.24, 2.45) is 0 Å². The third-order valence-corrected chi connectivity index (χ3v) is 12.9. The van der Waals surface area contributed by atoms with Crippen molar-refractivity contribution in [1.29, 1.82) is 0 Å². The zero-order chi connectivity index (χ0) is 47.0. The van der Waals surface area contributed by atoms with Crippen molar-refractivity contribution in [3.05, 3.63) is 72.9 Å². The van der Waals surface area contributed by atoms with Crippen LogP contribution in [0, 0.1) is 0 Å². The van der Waals surface area contributed by atoms with Crippen molar-refractivity contribution in [2.75, 3.05) is 6.61 Å². The molecule has 2 unspecified atom stereocenters. The number of hydrogen-bond donors (Lipinski definition) is 3. The number of aliphatic hydroxyl groups excluding tert-OH is 2. The number of nitrogens with one attached hydrogen (secondary N) is 1. The molecule has 1 amide bonds. The topological polar surface area (TPSA) is 69.6 Å². The van der Waals surface area contributed by atoms with Crippen LogP contribution in [0.3, 0.4) is 0 Å². The maximum absolute atomic E-state index is 12.5. The van der Waals surface area contributed by atoms with Crippen LogP contribution < -0.4 is 5.32 Å². The Morgan fingerprint density at radius 2 is 0.677 bits per heavy atom. The molecule has 0 aromatic carbocycles. The van der Waals surface area contributed by atoms with Gasteiger partial charge in [0.2, 0.25) is 5.91 Å². The molecule has 0 spiro atoms. The molecule has 0 aliphatic rings. The summed E-state index contributed by atoms with van der Waals surface area (Å²) in [5.41, 5.74) is 0. The van der Waals surface area contributed by atoms with E-state index in [1.165, 1.54) is 212 Å². The van der Waals surface area contributed by atoms with E-state index in [4.69, 9.17) is 0 Å². The Morgan fingerprint density at radius 1 is 0.385 bits per heavy atom. The van der Waals surface area contributed by atoms with Gasteiger partial charge >= 0.3 is 0 Å². The number of hydrogen-bond acceptors (Lipinski definition) is 3. The van der Waals surface area contributed by atoms with Gasteiger partial charge in [-0.25, -0.2) is 0 Å². The first-order chi connectivity index (χ1) is 32.2. The minimum absolute atomic E-state index is 0.0611. The van der Waals surface area contributed by atoms with E-state index < -0.39 is 12.1 Å². The average molecular weight is 907 g/mol. The van der Waals surface area contributed by atoms with E-state index in [0.717, 1.165) is 57.8 Å². The van der Waals surface area contributed by atoms with Crippen LogP contribution in [0.25, 0.3) is 0 Å². The van der Waals surface area contributed by atoms with Gasteiger partial charge in [-0.2, -0.15) is 0 Å². The third kappa shape index (κ3) is 52.7. The number of aliphatic hydroxyl groups is 2. The highest BCUT2D eigenvalue weighted by atomic mass is 16.3. The molecular formula is C61H111NO3. The lowest BCUT2D eigenvalue weighted by atomic mass is 10.0. The monoisotopic (exact) mass is 906 g/mol. The van der Waals surface area contributed by atoms with Gasteiger partial charge in [0.1, 0.15) is 0 Å². The molecule has 0 aromatic heterocycles. The fourth-order valence-corrected chi connectivity index (χ4v) is 8.62. The zero-order valence-electron chi connectivity index (χ0n) is 43.5. The molecule has 0 radical (unpaired) electrons. The van der Waals surface area contributed by atoms with Crippen molar-refractivity contribution < 1.29 is 15.0 Å². The van der Waals surface area contributed by atoms with E-state index >= 15 is 0 Å². The van der Waals surface area contributed by atoms with E-state index in [1.54, 1.807) is 6.08 Å². The van der Waals surface area contributed by atoms with Crippen molar-refractivity contribution >= 4 is 5.91 Å². The highest BCUT2D eigenvalue weighted by Crippen LogP contribution is 2.17. The summed E-state index contributed by atoms with van der Waals surface area (Å²) < 4.78 is 0. The molecule has 4 nitrogen and oxygen atoms in total. The average Bonchev–Trinajstić information content (AvgIpc) is 3.31. The van der Waals surface area contributed by atoms with Crippen LogP contribution in [0.4, 0.5) is 0 Å². The molecule has 0 heterocycles. The summed E-state index contributed by atoms with van der Waals surface area (Å²) in [6.07, 6.45) is 80.7. The Balaban J connectivity index is 3.45. The van der Waals surface area contributed by atoms with Crippen molar-refractivity contribution in [2.45, 2.75) is 302 Å². The molecule has 0 saturated carbocycles. The fraction of sp³-hybridized carbons (Fsp3) is 0.787. The summed E-state index contributed by atoms with van der Waals surface area (Å²) in [5.74, 6) is -0.0611. The van der Waals surface area contributed by atoms with Crippen LogP contribution in [-0.2, 0) is 4.79 Å². The van der Waals surface area contributed by atoms with Gasteiger partial charge in [0.15, 0.2) is 0 Å². The molecule has 3 N–H and O–H groups in total. The van der Waals surface area contributed by atoms with Gasteiger partial charge in [-0.1, -0.05) is 292 Å². The van der Waals surface area contributed by atoms with E-state index in [1.807, 2.05) is 6.08 Å². The van der Waals surface area contributed by atoms with E-state index in [9.17, 15) is 15.0 Å². The first kappa shape index (κ1) is 62.8. The summed E-state index contributed by atoms with van der Waals surface area (Å²) in [6, 6.07) is -0.622. The second-order valence-corrected chi connectivity index (χ2v) is 19.3. The van der Waals surface area contributed by atoms with E-state index in [-0.39, 0.29) is 12.5 Å². The van der Waals surface area contributed by atoms with Crippen molar-refractivity contribution in [1.82, 2.24) is 5.32 Å². The van der Waals surface area contributed by atoms with Crippen molar-refractivity contribution in [3.63, 3.8) is 0 Å². The minimum atomic E-state index is -0.839. The Bertz CT molecular complexity index is 1120. The van der Waals surface area contributed by atoms with Gasteiger partial charge in [-0.15, -0.1) is 0 Å². The maximum atomic E-state index is 12.5. The lowest BCUT2D eigenvalue weighted by molar-refractivity contribution is -0.123. The first-order valence-corrected chi connectivity index (χ1v) is 28.7. The van der Waals surface area contributed by atoms with Crippen LogP contribution in [0.5, 0.6) is 0 Å². The van der Waals surface area contributed by atoms with Gasteiger partial charge in [-0.3, -0.25) is 4.79 Å². The second kappa shape index (κ2) is 56.2. The normalized spacial score (nSPS) is 13.4. The number of amides is 1. The highest BCUT2D eigenvalue weighted by Gasteiger charge is 2.18. The summed E-state index contributed by atoms with van der Waals surface area (Å²) in [4.78, 5) is 12.5. The molecule has 2 atom stereocenters. The predicted octanol–water partition coefficient (Wildman–Crippen LogP) is 19.0. The molecule has 0 aliphatic carbocycles. The van der Waals surface area contributed by atoms with Crippen LogP contribution >= 0.6 is 0 Å². The fourth-order valence-electron chi connectivity index (χ4n) is 8.62. The minimum Gasteiger partial charge on any atom is -0.394 e. The largest absolute Gasteiger partial charge is 0.394 e. The van der Waals surface area contributed by atoms with Gasteiger partial charge in [0, 0.05) is 6.42 Å². The van der Waals surface area contributed by atoms with E-state index in [2.05, 4.69) is 79.9 Å². The Labute approximate surface area is 406 Å². The van der Waals surface area contributed by atoms with Crippen LogP contribution in [0.1, 0.15) is 290 Å². The highest BCUT2D eigenvalue weighted by molar-refractivity contribution is 5.76. The molecule has 0 aromatic rings.